The van der Waals surface area contributed by atoms with Gasteiger partial charge in [0.15, 0.2) is 23.1 Å². The number of hydrogen-bond donors (Lipinski definition) is 1. The number of sulfonamides is 1. The van der Waals surface area contributed by atoms with E-state index in [2.05, 4.69) is 26.3 Å². The monoisotopic (exact) mass is 663 g/mol. The molecule has 3 aromatic carbocycles. The van der Waals surface area contributed by atoms with Crippen molar-refractivity contribution >= 4 is 26.6 Å². The topological polar surface area (TPSA) is 99.2 Å². The Hall–Kier alpha value is -4.30. The van der Waals surface area contributed by atoms with Crippen molar-refractivity contribution in [1.29, 1.82) is 0 Å². The maximum atomic E-state index is 14.9. The molecule has 0 radical (unpaired) electrons. The SMILES string of the molecule is COc1cc2c(Oc3cc(NS(=O)(=O)c4ccccc4OC(F)(F)F)ccc3F)ccnc2cc1OCCCN1CCC(C)CC1. The highest BCUT2D eigenvalue weighted by atomic mass is 32.2. The van der Waals surface area contributed by atoms with Gasteiger partial charge in [-0.05, 0) is 74.7 Å². The molecular weight excluding hydrogens is 630 g/mol. The molecule has 0 atom stereocenters. The summed E-state index contributed by atoms with van der Waals surface area (Å²) in [5.41, 5.74) is 0.320. The van der Waals surface area contributed by atoms with E-state index in [0.29, 0.717) is 29.0 Å². The van der Waals surface area contributed by atoms with Gasteiger partial charge in [0, 0.05) is 30.3 Å². The van der Waals surface area contributed by atoms with E-state index >= 15 is 0 Å². The highest BCUT2D eigenvalue weighted by Gasteiger charge is 2.34. The van der Waals surface area contributed by atoms with Crippen LogP contribution in [0.15, 0.2) is 71.8 Å². The number of aromatic nitrogens is 1. The van der Waals surface area contributed by atoms with Gasteiger partial charge in [-0.15, -0.1) is 13.2 Å². The summed E-state index contributed by atoms with van der Waals surface area (Å²) in [6.45, 7) is 5.87. The van der Waals surface area contributed by atoms with Gasteiger partial charge in [0.2, 0.25) is 0 Å². The molecular formula is C32H33F4N3O6S. The molecule has 14 heteroatoms. The third kappa shape index (κ3) is 8.29. The third-order valence-electron chi connectivity index (χ3n) is 7.51. The fourth-order valence-electron chi connectivity index (χ4n) is 5.10. The standard InChI is InChI=1S/C32H33F4N3O6S/c1-21-11-15-39(16-12-21)14-5-17-43-30-20-25-23(19-29(30)42-2)26(10-13-37-25)44-28-18-22(8-9-24(28)33)38-46(40,41)31-7-4-3-6-27(31)45-32(34,35)36/h3-4,6-10,13,18-21,38H,5,11-12,14-17H2,1-2H3. The van der Waals surface area contributed by atoms with Crippen LogP contribution in [0.1, 0.15) is 26.2 Å². The number of hydrogen-bond acceptors (Lipinski definition) is 8. The number of para-hydroxylation sites is 1. The molecule has 246 valence electrons. The van der Waals surface area contributed by atoms with Gasteiger partial charge >= 0.3 is 6.36 Å². The lowest BCUT2D eigenvalue weighted by Gasteiger charge is -2.30. The quantitative estimate of drug-likeness (QED) is 0.124. The van der Waals surface area contributed by atoms with E-state index in [1.54, 1.807) is 12.1 Å². The first kappa shape index (κ1) is 33.1. The van der Waals surface area contributed by atoms with Crippen LogP contribution in [-0.2, 0) is 10.0 Å². The minimum atomic E-state index is -5.11. The maximum absolute atomic E-state index is 14.9. The fourth-order valence-corrected chi connectivity index (χ4v) is 6.28. The maximum Gasteiger partial charge on any atom is 0.573 e. The predicted molar refractivity (Wildman–Crippen MR) is 164 cm³/mol. The molecule has 0 aliphatic carbocycles. The zero-order chi connectivity index (χ0) is 32.9. The summed E-state index contributed by atoms with van der Waals surface area (Å²) in [5, 5.41) is 0.470. The van der Waals surface area contributed by atoms with Crippen molar-refractivity contribution in [2.24, 2.45) is 5.92 Å². The van der Waals surface area contributed by atoms with Crippen molar-refractivity contribution in [2.45, 2.75) is 37.4 Å². The molecule has 1 N–H and O–H groups in total. The van der Waals surface area contributed by atoms with Crippen molar-refractivity contribution in [2.75, 3.05) is 38.1 Å². The van der Waals surface area contributed by atoms with E-state index in [0.717, 1.165) is 62.3 Å². The number of rotatable bonds is 12. The van der Waals surface area contributed by atoms with Crippen molar-refractivity contribution in [3.05, 3.63) is 72.7 Å². The Morgan fingerprint density at radius 2 is 1.72 bits per heavy atom. The summed E-state index contributed by atoms with van der Waals surface area (Å²) in [6.07, 6.45) is -0.403. The lowest BCUT2D eigenvalue weighted by molar-refractivity contribution is -0.275. The number of nitrogens with one attached hydrogen (secondary N) is 1. The molecule has 0 unspecified atom stereocenters. The number of alkyl halides is 3. The number of benzene rings is 3. The second-order valence-corrected chi connectivity index (χ2v) is 12.6. The van der Waals surface area contributed by atoms with Crippen molar-refractivity contribution in [1.82, 2.24) is 9.88 Å². The van der Waals surface area contributed by atoms with E-state index in [1.807, 2.05) is 0 Å². The van der Waals surface area contributed by atoms with E-state index in [1.165, 1.54) is 44.3 Å². The largest absolute Gasteiger partial charge is 0.573 e. The van der Waals surface area contributed by atoms with Crippen LogP contribution in [0.4, 0.5) is 23.2 Å². The number of anilines is 1. The Morgan fingerprint density at radius 3 is 2.46 bits per heavy atom. The first-order valence-corrected chi connectivity index (χ1v) is 16.1. The number of piperidine rings is 1. The first-order chi connectivity index (χ1) is 21.9. The van der Waals surface area contributed by atoms with Crippen LogP contribution in [-0.4, -0.2) is 58.0 Å². The average Bonchev–Trinajstić information content (AvgIpc) is 3.01. The van der Waals surface area contributed by atoms with Gasteiger partial charge in [0.25, 0.3) is 10.0 Å². The molecule has 0 spiro atoms. The molecule has 46 heavy (non-hydrogen) atoms. The van der Waals surface area contributed by atoms with Gasteiger partial charge in [-0.2, -0.15) is 0 Å². The van der Waals surface area contributed by atoms with Gasteiger partial charge in [-0.25, -0.2) is 12.8 Å². The molecule has 2 heterocycles. The molecule has 1 fully saturated rings. The normalized spacial score (nSPS) is 14.7. The van der Waals surface area contributed by atoms with Crippen molar-refractivity contribution in [3.8, 4) is 28.7 Å². The Bertz CT molecular complexity index is 1780. The molecule has 0 saturated carbocycles. The third-order valence-corrected chi connectivity index (χ3v) is 8.93. The summed E-state index contributed by atoms with van der Waals surface area (Å²) in [6, 6.07) is 12.3. The average molecular weight is 664 g/mol. The Balaban J connectivity index is 1.32. The van der Waals surface area contributed by atoms with Crippen LogP contribution < -0.4 is 23.7 Å². The predicted octanol–water partition coefficient (Wildman–Crippen LogP) is 7.38. The van der Waals surface area contributed by atoms with Crippen LogP contribution in [0.5, 0.6) is 28.7 Å². The second kappa shape index (κ2) is 14.0. The molecule has 1 aliphatic heterocycles. The molecule has 5 rings (SSSR count). The van der Waals surface area contributed by atoms with Crippen LogP contribution in [0, 0.1) is 11.7 Å². The highest BCUT2D eigenvalue weighted by Crippen LogP contribution is 2.38. The molecule has 0 amide bonds. The molecule has 1 saturated heterocycles. The lowest BCUT2D eigenvalue weighted by atomic mass is 9.99. The summed E-state index contributed by atoms with van der Waals surface area (Å²) in [4.78, 5) is 6.06. The summed E-state index contributed by atoms with van der Waals surface area (Å²) >= 11 is 0. The van der Waals surface area contributed by atoms with E-state index in [9.17, 15) is 26.0 Å². The Labute approximate surface area is 264 Å². The van der Waals surface area contributed by atoms with Gasteiger partial charge in [0.05, 0.1) is 24.9 Å². The minimum absolute atomic E-state index is 0.163. The van der Waals surface area contributed by atoms with Gasteiger partial charge in [0.1, 0.15) is 16.4 Å². The smallest absolute Gasteiger partial charge is 0.493 e. The summed E-state index contributed by atoms with van der Waals surface area (Å²) < 4.78 is 103. The lowest BCUT2D eigenvalue weighted by Crippen LogP contribution is -2.34. The number of ether oxygens (including phenoxy) is 4. The van der Waals surface area contributed by atoms with Crippen LogP contribution >= 0.6 is 0 Å². The highest BCUT2D eigenvalue weighted by molar-refractivity contribution is 7.92. The van der Waals surface area contributed by atoms with Crippen LogP contribution in [0.2, 0.25) is 0 Å². The minimum Gasteiger partial charge on any atom is -0.493 e. The number of pyridine rings is 1. The van der Waals surface area contributed by atoms with E-state index in [-0.39, 0.29) is 17.2 Å². The number of methoxy groups -OCH3 is 1. The van der Waals surface area contributed by atoms with E-state index < -0.39 is 32.8 Å². The Kier molecular flexibility index (Phi) is 10.1. The number of nitrogens with zero attached hydrogens (tertiary/aromatic N) is 2. The number of halogens is 4. The molecule has 0 bridgehead atoms. The summed E-state index contributed by atoms with van der Waals surface area (Å²) in [5.74, 6) is -0.219. The first-order valence-electron chi connectivity index (χ1n) is 14.6. The van der Waals surface area contributed by atoms with Crippen LogP contribution in [0.3, 0.4) is 0 Å². The fraction of sp³-hybridized carbons (Fsp3) is 0.344. The number of likely N-dealkylation sites (tertiary alicyclic amines) is 1. The van der Waals surface area contributed by atoms with Gasteiger partial charge in [-0.1, -0.05) is 19.1 Å². The molecule has 1 aromatic heterocycles. The second-order valence-electron chi connectivity index (χ2n) is 10.9. The molecule has 4 aromatic rings. The molecule has 1 aliphatic rings. The van der Waals surface area contributed by atoms with Crippen molar-refractivity contribution < 1.29 is 44.9 Å². The van der Waals surface area contributed by atoms with E-state index in [4.69, 9.17) is 14.2 Å². The van der Waals surface area contributed by atoms with Crippen molar-refractivity contribution in [3.63, 3.8) is 0 Å². The summed E-state index contributed by atoms with van der Waals surface area (Å²) in [7, 11) is -3.09. The van der Waals surface area contributed by atoms with Gasteiger partial charge in [-0.3, -0.25) is 9.71 Å². The number of fused-ring (bicyclic) bond motifs is 1. The Morgan fingerprint density at radius 1 is 0.957 bits per heavy atom. The van der Waals surface area contributed by atoms with Gasteiger partial charge < -0.3 is 23.8 Å². The zero-order valence-corrected chi connectivity index (χ0v) is 26.0. The van der Waals surface area contributed by atoms with Crippen LogP contribution in [0.25, 0.3) is 10.9 Å². The molecule has 9 nitrogen and oxygen atoms in total. The zero-order valence-electron chi connectivity index (χ0n) is 25.1.